The standard InChI is InChI=1S/C29H21Cl2N3O2/c1-18-8-6-9-19(16-18)34-27(35)20-10-2-4-14-25(20)32-29(34)22-11-3-5-15-26(22)33(28(29)36)17-21-23(30)12-7-13-24(21)31/h2-16,32H,17H2,1H3/t29-/m1/s1. The first-order valence-corrected chi connectivity index (χ1v) is 12.3. The monoisotopic (exact) mass is 513 g/mol. The zero-order chi connectivity index (χ0) is 25.0. The van der Waals surface area contributed by atoms with Gasteiger partial charge in [0.05, 0.1) is 17.8 Å². The first-order valence-electron chi connectivity index (χ1n) is 11.5. The van der Waals surface area contributed by atoms with E-state index in [0.717, 1.165) is 5.56 Å². The van der Waals surface area contributed by atoms with Crippen LogP contribution >= 0.6 is 23.2 Å². The molecule has 0 fully saturated rings. The van der Waals surface area contributed by atoms with E-state index >= 15 is 0 Å². The molecule has 2 aliphatic rings. The summed E-state index contributed by atoms with van der Waals surface area (Å²) < 4.78 is 0. The van der Waals surface area contributed by atoms with E-state index in [1.165, 1.54) is 0 Å². The molecule has 0 unspecified atom stereocenters. The topological polar surface area (TPSA) is 52.7 Å². The number of amides is 2. The van der Waals surface area contributed by atoms with E-state index in [2.05, 4.69) is 5.32 Å². The van der Waals surface area contributed by atoms with Crippen molar-refractivity contribution in [2.24, 2.45) is 0 Å². The van der Waals surface area contributed by atoms with Crippen molar-refractivity contribution in [2.75, 3.05) is 15.1 Å². The molecule has 178 valence electrons. The van der Waals surface area contributed by atoms with Crippen molar-refractivity contribution in [1.29, 1.82) is 0 Å². The summed E-state index contributed by atoms with van der Waals surface area (Å²) >= 11 is 13.0. The number of hydrogen-bond donors (Lipinski definition) is 1. The fourth-order valence-electron chi connectivity index (χ4n) is 5.15. The molecule has 2 aliphatic heterocycles. The summed E-state index contributed by atoms with van der Waals surface area (Å²) in [4.78, 5) is 31.9. The minimum atomic E-state index is -1.48. The summed E-state index contributed by atoms with van der Waals surface area (Å²) in [7, 11) is 0. The fraction of sp³-hybridized carbons (Fsp3) is 0.103. The minimum absolute atomic E-state index is 0.162. The van der Waals surface area contributed by atoms with Crippen LogP contribution in [0.1, 0.15) is 27.0 Å². The third-order valence-electron chi connectivity index (χ3n) is 6.79. The number of para-hydroxylation sites is 2. The van der Waals surface area contributed by atoms with Gasteiger partial charge in [-0.2, -0.15) is 0 Å². The lowest BCUT2D eigenvalue weighted by atomic mass is 9.92. The lowest BCUT2D eigenvalue weighted by molar-refractivity contribution is -0.122. The molecule has 1 atom stereocenters. The third kappa shape index (κ3) is 3.24. The Bertz CT molecular complexity index is 1530. The van der Waals surface area contributed by atoms with Crippen LogP contribution in [0.25, 0.3) is 0 Å². The maximum atomic E-state index is 14.6. The third-order valence-corrected chi connectivity index (χ3v) is 7.50. The summed E-state index contributed by atoms with van der Waals surface area (Å²) in [6, 6.07) is 27.7. The highest BCUT2D eigenvalue weighted by atomic mass is 35.5. The van der Waals surface area contributed by atoms with Crippen molar-refractivity contribution in [2.45, 2.75) is 19.1 Å². The average molecular weight is 514 g/mol. The Kier molecular flexibility index (Phi) is 5.29. The number of aryl methyl sites for hydroxylation is 1. The zero-order valence-electron chi connectivity index (χ0n) is 19.3. The second-order valence-electron chi connectivity index (χ2n) is 8.97. The normalized spacial score (nSPS) is 18.3. The Morgan fingerprint density at radius 2 is 1.53 bits per heavy atom. The van der Waals surface area contributed by atoms with E-state index in [0.29, 0.717) is 43.8 Å². The summed E-state index contributed by atoms with van der Waals surface area (Å²) in [5.74, 6) is -0.542. The predicted molar refractivity (Wildman–Crippen MR) is 144 cm³/mol. The maximum absolute atomic E-state index is 14.6. The van der Waals surface area contributed by atoms with Gasteiger partial charge in [-0.3, -0.25) is 14.5 Å². The molecule has 2 amide bonds. The molecule has 0 aliphatic carbocycles. The molecular weight excluding hydrogens is 493 g/mol. The number of anilines is 3. The SMILES string of the molecule is Cc1cccc(N2C(=O)c3ccccc3N[C@@]23C(=O)N(Cc2c(Cl)cccc2Cl)c2ccccc23)c1. The van der Waals surface area contributed by atoms with Crippen LogP contribution in [0.5, 0.6) is 0 Å². The quantitative estimate of drug-likeness (QED) is 0.328. The summed E-state index contributed by atoms with van der Waals surface area (Å²) in [6.45, 7) is 2.12. The molecule has 0 aromatic heterocycles. The lowest BCUT2D eigenvalue weighted by Gasteiger charge is -2.45. The number of nitrogens with one attached hydrogen (secondary N) is 1. The summed E-state index contributed by atoms with van der Waals surface area (Å²) in [5, 5.41) is 4.42. The fourth-order valence-corrected chi connectivity index (χ4v) is 5.67. The molecule has 0 bridgehead atoms. The molecule has 6 rings (SSSR count). The molecule has 7 heteroatoms. The van der Waals surface area contributed by atoms with Gasteiger partial charge in [0.25, 0.3) is 11.8 Å². The Morgan fingerprint density at radius 3 is 2.31 bits per heavy atom. The number of hydrogen-bond acceptors (Lipinski definition) is 3. The van der Waals surface area contributed by atoms with Crippen molar-refractivity contribution in [1.82, 2.24) is 0 Å². The van der Waals surface area contributed by atoms with Crippen LogP contribution in [0.3, 0.4) is 0 Å². The van der Waals surface area contributed by atoms with Crippen LogP contribution in [-0.2, 0) is 17.0 Å². The first-order chi connectivity index (χ1) is 17.4. The van der Waals surface area contributed by atoms with Gasteiger partial charge in [0, 0.05) is 32.5 Å². The van der Waals surface area contributed by atoms with Gasteiger partial charge in [0.2, 0.25) is 5.66 Å². The number of fused-ring (bicyclic) bond motifs is 3. The number of rotatable bonds is 3. The number of nitrogens with zero attached hydrogens (tertiary/aromatic N) is 2. The van der Waals surface area contributed by atoms with Gasteiger partial charge >= 0.3 is 0 Å². The second kappa shape index (κ2) is 8.40. The number of benzene rings is 4. The molecule has 4 aromatic carbocycles. The number of carbonyl (C=O) groups excluding carboxylic acids is 2. The van der Waals surface area contributed by atoms with Gasteiger partial charge in [-0.25, -0.2) is 0 Å². The molecule has 0 radical (unpaired) electrons. The van der Waals surface area contributed by atoms with E-state index in [4.69, 9.17) is 23.2 Å². The largest absolute Gasteiger partial charge is 0.350 e. The Balaban J connectivity index is 1.59. The van der Waals surface area contributed by atoms with Gasteiger partial charge in [-0.05, 0) is 55.0 Å². The van der Waals surface area contributed by atoms with Crippen LogP contribution in [-0.4, -0.2) is 11.8 Å². The van der Waals surface area contributed by atoms with Crippen molar-refractivity contribution in [3.8, 4) is 0 Å². The van der Waals surface area contributed by atoms with Crippen molar-refractivity contribution >= 4 is 52.1 Å². The molecular formula is C29H21Cl2N3O2. The van der Waals surface area contributed by atoms with E-state index in [9.17, 15) is 9.59 Å². The van der Waals surface area contributed by atoms with Crippen LogP contribution in [0.2, 0.25) is 10.0 Å². The molecule has 36 heavy (non-hydrogen) atoms. The zero-order valence-corrected chi connectivity index (χ0v) is 20.8. The van der Waals surface area contributed by atoms with E-state index < -0.39 is 5.66 Å². The van der Waals surface area contributed by atoms with Crippen LogP contribution < -0.4 is 15.1 Å². The molecule has 0 saturated heterocycles. The average Bonchev–Trinajstić information content (AvgIpc) is 3.09. The van der Waals surface area contributed by atoms with Gasteiger partial charge in [-0.1, -0.05) is 71.7 Å². The molecule has 1 spiro atoms. The smallest absolute Gasteiger partial charge is 0.279 e. The first kappa shape index (κ1) is 22.7. The van der Waals surface area contributed by atoms with Crippen LogP contribution in [0, 0.1) is 6.92 Å². The highest BCUT2D eigenvalue weighted by molar-refractivity contribution is 6.36. The van der Waals surface area contributed by atoms with E-state index in [1.54, 1.807) is 34.1 Å². The second-order valence-corrected chi connectivity index (χ2v) is 9.78. The van der Waals surface area contributed by atoms with Gasteiger partial charge in [0.1, 0.15) is 0 Å². The van der Waals surface area contributed by atoms with Crippen molar-refractivity contribution < 1.29 is 9.59 Å². The lowest BCUT2D eigenvalue weighted by Crippen LogP contribution is -2.63. The van der Waals surface area contributed by atoms with Gasteiger partial charge < -0.3 is 10.2 Å². The Morgan fingerprint density at radius 1 is 0.833 bits per heavy atom. The van der Waals surface area contributed by atoms with Crippen molar-refractivity contribution in [3.05, 3.63) is 123 Å². The van der Waals surface area contributed by atoms with Crippen LogP contribution in [0.15, 0.2) is 91.0 Å². The molecule has 4 aromatic rings. The van der Waals surface area contributed by atoms with Crippen molar-refractivity contribution in [3.63, 3.8) is 0 Å². The number of carbonyl (C=O) groups is 2. The highest BCUT2D eigenvalue weighted by Crippen LogP contribution is 2.50. The minimum Gasteiger partial charge on any atom is -0.350 e. The molecule has 1 N–H and O–H groups in total. The Labute approximate surface area is 218 Å². The predicted octanol–water partition coefficient (Wildman–Crippen LogP) is 6.77. The summed E-state index contributed by atoms with van der Waals surface area (Å²) in [5.41, 5.74) is 3.25. The summed E-state index contributed by atoms with van der Waals surface area (Å²) in [6.07, 6.45) is 0. The molecule has 2 heterocycles. The van der Waals surface area contributed by atoms with Gasteiger partial charge in [0.15, 0.2) is 0 Å². The van der Waals surface area contributed by atoms with Gasteiger partial charge in [-0.15, -0.1) is 0 Å². The highest BCUT2D eigenvalue weighted by Gasteiger charge is 2.59. The van der Waals surface area contributed by atoms with Crippen LogP contribution in [0.4, 0.5) is 17.1 Å². The molecule has 0 saturated carbocycles. The van der Waals surface area contributed by atoms with E-state index in [1.807, 2.05) is 73.7 Å². The molecule has 5 nitrogen and oxygen atoms in total. The number of halogens is 2. The Hall–Kier alpha value is -3.80. The van der Waals surface area contributed by atoms with E-state index in [-0.39, 0.29) is 18.4 Å². The maximum Gasteiger partial charge on any atom is 0.279 e.